The maximum atomic E-state index is 12.9. The van der Waals surface area contributed by atoms with E-state index < -0.39 is 34.5 Å². The third kappa shape index (κ3) is 1.27. The van der Waals surface area contributed by atoms with Gasteiger partial charge in [-0.1, -0.05) is 0 Å². The van der Waals surface area contributed by atoms with E-state index in [0.717, 1.165) is 7.05 Å². The van der Waals surface area contributed by atoms with Gasteiger partial charge in [0.1, 0.15) is 11.6 Å². The van der Waals surface area contributed by atoms with E-state index in [1.54, 1.807) is 0 Å². The number of hydrogen-bond donors (Lipinski definition) is 1. The lowest BCUT2D eigenvalue weighted by molar-refractivity contribution is 0.410. The van der Waals surface area contributed by atoms with Crippen molar-refractivity contribution < 1.29 is 17.6 Å². The van der Waals surface area contributed by atoms with Crippen LogP contribution in [0.2, 0.25) is 0 Å². The van der Waals surface area contributed by atoms with Crippen LogP contribution in [0.15, 0.2) is 0 Å². The van der Waals surface area contributed by atoms with E-state index >= 15 is 0 Å². The average molecular weight is 204 g/mol. The van der Waals surface area contributed by atoms with Gasteiger partial charge in [-0.25, -0.2) is 17.6 Å². The Morgan fingerprint density at radius 1 is 1.00 bits per heavy atom. The van der Waals surface area contributed by atoms with Crippen LogP contribution in [0.3, 0.4) is 0 Å². The van der Waals surface area contributed by atoms with Crippen LogP contribution in [0, 0.1) is 34.6 Å². The normalized spacial score (nSPS) is 9.71. The van der Waals surface area contributed by atoms with Gasteiger partial charge in [-0.05, 0) is 0 Å². The van der Waals surface area contributed by atoms with Gasteiger partial charge < -0.3 is 5.32 Å². The number of benzene rings is 1. The van der Waals surface area contributed by atoms with E-state index in [1.807, 2.05) is 0 Å². The molecule has 0 aliphatic heterocycles. The zero-order valence-electron chi connectivity index (χ0n) is 6.96. The van der Waals surface area contributed by atoms with Crippen LogP contribution in [0.5, 0.6) is 0 Å². The third-order valence-electron chi connectivity index (χ3n) is 1.63. The number of halogens is 4. The van der Waals surface area contributed by atoms with Crippen LogP contribution in [-0.2, 0) is 0 Å². The van der Waals surface area contributed by atoms with Crippen LogP contribution in [-0.4, -0.2) is 7.05 Å². The van der Waals surface area contributed by atoms with E-state index in [2.05, 4.69) is 5.32 Å². The van der Waals surface area contributed by atoms with E-state index in [1.165, 1.54) is 6.07 Å². The van der Waals surface area contributed by atoms with Crippen LogP contribution in [0.25, 0.3) is 0 Å². The lowest BCUT2D eigenvalue weighted by Crippen LogP contribution is -2.06. The van der Waals surface area contributed by atoms with Crippen LogP contribution < -0.4 is 5.32 Å². The highest BCUT2D eigenvalue weighted by Crippen LogP contribution is 2.27. The smallest absolute Gasteiger partial charge is 0.199 e. The number of nitrogens with one attached hydrogen (secondary N) is 1. The summed E-state index contributed by atoms with van der Waals surface area (Å²) >= 11 is 0. The van der Waals surface area contributed by atoms with Crippen molar-refractivity contribution in [2.45, 2.75) is 0 Å². The Balaban J connectivity index is 3.68. The summed E-state index contributed by atoms with van der Waals surface area (Å²) in [6.07, 6.45) is 0. The fraction of sp³-hybridized carbons (Fsp3) is 0.125. The average Bonchev–Trinajstić information content (AvgIpc) is 2.20. The second kappa shape index (κ2) is 3.54. The molecule has 0 aromatic heterocycles. The molecule has 0 unspecified atom stereocenters. The quantitative estimate of drug-likeness (QED) is 0.432. The number of nitrogens with zero attached hydrogens (tertiary/aromatic N) is 1. The van der Waals surface area contributed by atoms with Crippen molar-refractivity contribution in [3.8, 4) is 6.07 Å². The van der Waals surface area contributed by atoms with Crippen molar-refractivity contribution in [2.75, 3.05) is 12.4 Å². The van der Waals surface area contributed by atoms with Gasteiger partial charge in [0, 0.05) is 7.05 Å². The molecule has 2 nitrogen and oxygen atoms in total. The van der Waals surface area contributed by atoms with Crippen molar-refractivity contribution in [1.82, 2.24) is 0 Å². The SMILES string of the molecule is CNc1c(F)c(F)c(F)c(F)c1C#N. The molecule has 0 aliphatic carbocycles. The molecule has 0 aliphatic rings. The zero-order valence-corrected chi connectivity index (χ0v) is 6.96. The molecule has 0 saturated carbocycles. The lowest BCUT2D eigenvalue weighted by atomic mass is 10.1. The number of hydrogen-bond acceptors (Lipinski definition) is 2. The number of anilines is 1. The summed E-state index contributed by atoms with van der Waals surface area (Å²) in [6.45, 7) is 0. The molecule has 0 amide bonds. The molecule has 1 aromatic carbocycles. The second-order valence-electron chi connectivity index (χ2n) is 2.37. The van der Waals surface area contributed by atoms with Crippen molar-refractivity contribution in [1.29, 1.82) is 5.26 Å². The van der Waals surface area contributed by atoms with E-state index in [9.17, 15) is 17.6 Å². The molecule has 0 fully saturated rings. The maximum absolute atomic E-state index is 12.9. The van der Waals surface area contributed by atoms with E-state index in [4.69, 9.17) is 5.26 Å². The van der Waals surface area contributed by atoms with Crippen LogP contribution >= 0.6 is 0 Å². The van der Waals surface area contributed by atoms with Gasteiger partial charge in [-0.2, -0.15) is 5.26 Å². The summed E-state index contributed by atoms with van der Waals surface area (Å²) in [4.78, 5) is 0. The minimum atomic E-state index is -1.99. The molecule has 1 rings (SSSR count). The van der Waals surface area contributed by atoms with Gasteiger partial charge in [0.2, 0.25) is 0 Å². The Morgan fingerprint density at radius 3 is 1.93 bits per heavy atom. The van der Waals surface area contributed by atoms with Gasteiger partial charge in [-0.3, -0.25) is 0 Å². The Bertz CT molecular complexity index is 423. The fourth-order valence-corrected chi connectivity index (χ4v) is 0.971. The number of rotatable bonds is 1. The molecule has 14 heavy (non-hydrogen) atoms. The molecule has 0 radical (unpaired) electrons. The highest BCUT2D eigenvalue weighted by atomic mass is 19.2. The first kappa shape index (κ1) is 10.3. The Hall–Kier alpha value is -1.77. The second-order valence-corrected chi connectivity index (χ2v) is 2.37. The topological polar surface area (TPSA) is 35.8 Å². The molecule has 0 saturated heterocycles. The summed E-state index contributed by atoms with van der Waals surface area (Å²) in [7, 11) is 1.16. The molecular weight excluding hydrogens is 200 g/mol. The first-order valence-corrected chi connectivity index (χ1v) is 3.48. The summed E-state index contributed by atoms with van der Waals surface area (Å²) in [5.74, 6) is -7.23. The fourth-order valence-electron chi connectivity index (χ4n) is 0.971. The molecule has 0 atom stereocenters. The van der Waals surface area contributed by atoms with Crippen LogP contribution in [0.4, 0.5) is 23.2 Å². The summed E-state index contributed by atoms with van der Waals surface area (Å²) in [5.41, 5.74) is -1.58. The van der Waals surface area contributed by atoms with Gasteiger partial charge >= 0.3 is 0 Å². The Kier molecular flexibility index (Phi) is 2.60. The molecule has 0 bridgehead atoms. The molecule has 1 N–H and O–H groups in total. The first-order chi connectivity index (χ1) is 6.54. The van der Waals surface area contributed by atoms with E-state index in [0.29, 0.717) is 0 Å². The zero-order chi connectivity index (χ0) is 10.9. The highest BCUT2D eigenvalue weighted by molar-refractivity contribution is 5.59. The summed E-state index contributed by atoms with van der Waals surface area (Å²) in [5, 5.41) is 10.5. The standard InChI is InChI=1S/C8H4F4N2/c1-14-8-3(2-13)4(9)5(10)6(11)7(8)12/h14H,1H3. The minimum absolute atomic E-state index is 0.691. The van der Waals surface area contributed by atoms with Crippen molar-refractivity contribution in [3.05, 3.63) is 28.8 Å². The first-order valence-electron chi connectivity index (χ1n) is 3.48. The van der Waals surface area contributed by atoms with Crippen molar-refractivity contribution in [3.63, 3.8) is 0 Å². The summed E-state index contributed by atoms with van der Waals surface area (Å²) < 4.78 is 50.9. The van der Waals surface area contributed by atoms with Gasteiger partial charge in [0.25, 0.3) is 0 Å². The van der Waals surface area contributed by atoms with Gasteiger partial charge in [-0.15, -0.1) is 0 Å². The van der Waals surface area contributed by atoms with Gasteiger partial charge in [0.15, 0.2) is 23.3 Å². The molecule has 0 spiro atoms. The monoisotopic (exact) mass is 204 g/mol. The predicted octanol–water partition coefficient (Wildman–Crippen LogP) is 2.16. The van der Waals surface area contributed by atoms with Gasteiger partial charge in [0.05, 0.1) is 5.69 Å². The molecule has 74 valence electrons. The molecular formula is C8H4F4N2. The molecule has 1 aromatic rings. The molecule has 6 heteroatoms. The summed E-state index contributed by atoms with van der Waals surface area (Å²) in [6, 6.07) is 1.24. The predicted molar refractivity (Wildman–Crippen MR) is 40.5 cm³/mol. The van der Waals surface area contributed by atoms with Crippen molar-refractivity contribution >= 4 is 5.69 Å². The Labute approximate surface area is 76.8 Å². The Morgan fingerprint density at radius 2 is 1.50 bits per heavy atom. The molecule has 0 heterocycles. The van der Waals surface area contributed by atoms with Crippen molar-refractivity contribution in [2.24, 2.45) is 0 Å². The number of nitriles is 1. The lowest BCUT2D eigenvalue weighted by Gasteiger charge is -2.07. The highest BCUT2D eigenvalue weighted by Gasteiger charge is 2.24. The van der Waals surface area contributed by atoms with E-state index in [-0.39, 0.29) is 0 Å². The van der Waals surface area contributed by atoms with Crippen LogP contribution in [0.1, 0.15) is 5.56 Å². The third-order valence-corrected chi connectivity index (χ3v) is 1.63. The minimum Gasteiger partial charge on any atom is -0.384 e. The maximum Gasteiger partial charge on any atom is 0.199 e. The largest absolute Gasteiger partial charge is 0.384 e.